The lowest BCUT2D eigenvalue weighted by Crippen LogP contribution is -2.32. The van der Waals surface area contributed by atoms with Gasteiger partial charge in [-0.05, 0) is 43.2 Å². The van der Waals surface area contributed by atoms with Gasteiger partial charge in [0.05, 0.1) is 23.9 Å². The van der Waals surface area contributed by atoms with E-state index in [1.54, 1.807) is 24.3 Å². The number of rotatable bonds is 5. The molecule has 2 aromatic heterocycles. The maximum atomic E-state index is 13.0. The van der Waals surface area contributed by atoms with Gasteiger partial charge >= 0.3 is 0 Å². The van der Waals surface area contributed by atoms with Crippen LogP contribution in [0.1, 0.15) is 28.6 Å². The number of carbonyl (C=O) groups excluding carboxylic acids is 2. The van der Waals surface area contributed by atoms with Gasteiger partial charge in [-0.3, -0.25) is 9.59 Å². The van der Waals surface area contributed by atoms with Crippen LogP contribution in [0.15, 0.2) is 48.2 Å². The number of halogens is 1. The quantitative estimate of drug-likeness (QED) is 0.372. The Morgan fingerprint density at radius 3 is 2.68 bits per heavy atom. The van der Waals surface area contributed by atoms with Crippen molar-refractivity contribution < 1.29 is 19.4 Å². The first-order valence-corrected chi connectivity index (χ1v) is 10.2. The molecule has 1 fully saturated rings. The third kappa shape index (κ3) is 3.49. The second-order valence-corrected chi connectivity index (χ2v) is 7.91. The Labute approximate surface area is 184 Å². The molecule has 4 rings (SSSR count). The van der Waals surface area contributed by atoms with Gasteiger partial charge in [-0.2, -0.15) is 0 Å². The summed E-state index contributed by atoms with van der Waals surface area (Å²) in [5.74, 6) is -1.75. The zero-order valence-corrected chi connectivity index (χ0v) is 18.2. The van der Waals surface area contributed by atoms with E-state index in [9.17, 15) is 14.7 Å². The number of benzene rings is 1. The van der Waals surface area contributed by atoms with Crippen molar-refractivity contribution in [1.82, 2.24) is 14.3 Å². The molecule has 0 aliphatic carbocycles. The topological polar surface area (TPSA) is 84.1 Å². The summed E-state index contributed by atoms with van der Waals surface area (Å²) < 4.78 is 6.97. The molecule has 1 atom stereocenters. The average molecular weight is 440 g/mol. The van der Waals surface area contributed by atoms with E-state index in [1.807, 2.05) is 36.6 Å². The third-order valence-corrected chi connectivity index (χ3v) is 5.78. The molecule has 1 N–H and O–H groups in total. The largest absolute Gasteiger partial charge is 0.505 e. The minimum absolute atomic E-state index is 0.00692. The van der Waals surface area contributed by atoms with Crippen molar-refractivity contribution in [3.8, 4) is 0 Å². The lowest BCUT2D eigenvalue weighted by Gasteiger charge is -2.25. The van der Waals surface area contributed by atoms with Crippen LogP contribution in [0.5, 0.6) is 0 Å². The van der Waals surface area contributed by atoms with E-state index in [4.69, 9.17) is 16.3 Å². The Morgan fingerprint density at radius 1 is 1.23 bits per heavy atom. The molecule has 3 aromatic rings. The van der Waals surface area contributed by atoms with E-state index in [-0.39, 0.29) is 30.2 Å². The molecule has 0 bridgehead atoms. The first kappa shape index (κ1) is 21.1. The number of aliphatic hydroxyl groups is 1. The van der Waals surface area contributed by atoms with Crippen LogP contribution in [0.2, 0.25) is 5.02 Å². The van der Waals surface area contributed by atoms with E-state index in [2.05, 4.69) is 4.98 Å². The van der Waals surface area contributed by atoms with Crippen LogP contribution < -0.4 is 0 Å². The van der Waals surface area contributed by atoms with Gasteiger partial charge in [-0.25, -0.2) is 4.98 Å². The smallest absolute Gasteiger partial charge is 0.295 e. The van der Waals surface area contributed by atoms with Crippen LogP contribution in [0, 0.1) is 13.8 Å². The fourth-order valence-electron chi connectivity index (χ4n) is 4.00. The number of amides is 1. The SMILES string of the molecule is COCCN1C(=O)C(=O)/C(=C(/O)c2nc3c(C)cccn3c2C)C1c1cccc(Cl)c1. The molecule has 1 aromatic carbocycles. The summed E-state index contributed by atoms with van der Waals surface area (Å²) in [6.07, 6.45) is 1.84. The first-order valence-electron chi connectivity index (χ1n) is 9.82. The number of aliphatic hydroxyl groups excluding tert-OH is 1. The molecule has 1 aliphatic rings. The number of hydrogen-bond acceptors (Lipinski definition) is 5. The molecule has 0 spiro atoms. The average Bonchev–Trinajstić information content (AvgIpc) is 3.22. The van der Waals surface area contributed by atoms with Gasteiger partial charge in [0.1, 0.15) is 11.3 Å². The van der Waals surface area contributed by atoms with Crippen LogP contribution in [-0.4, -0.2) is 51.3 Å². The van der Waals surface area contributed by atoms with Crippen LogP contribution >= 0.6 is 11.6 Å². The van der Waals surface area contributed by atoms with Crippen molar-refractivity contribution in [3.05, 3.63) is 75.7 Å². The highest BCUT2D eigenvalue weighted by molar-refractivity contribution is 6.46. The lowest BCUT2D eigenvalue weighted by atomic mass is 9.96. The summed E-state index contributed by atoms with van der Waals surface area (Å²) in [5, 5.41) is 11.7. The number of nitrogens with zero attached hydrogens (tertiary/aromatic N) is 3. The van der Waals surface area contributed by atoms with Gasteiger partial charge in [-0.15, -0.1) is 0 Å². The molecular formula is C23H22ClN3O4. The van der Waals surface area contributed by atoms with Crippen LogP contribution in [-0.2, 0) is 14.3 Å². The Kier molecular flexibility index (Phi) is 5.56. The Bertz CT molecular complexity index is 1230. The molecule has 1 saturated heterocycles. The molecule has 3 heterocycles. The number of Topliss-reactive ketones (excluding diaryl/α,β-unsaturated/α-hetero) is 1. The summed E-state index contributed by atoms with van der Waals surface area (Å²) in [6, 6.07) is 9.92. The number of pyridine rings is 1. The predicted octanol–water partition coefficient (Wildman–Crippen LogP) is 3.67. The van der Waals surface area contributed by atoms with E-state index in [0.717, 1.165) is 5.56 Å². The van der Waals surface area contributed by atoms with Gasteiger partial charge in [0.15, 0.2) is 5.76 Å². The number of methoxy groups -OCH3 is 1. The number of ether oxygens (including phenoxy) is 1. The molecular weight excluding hydrogens is 418 g/mol. The first-order chi connectivity index (χ1) is 14.8. The van der Waals surface area contributed by atoms with Gasteiger partial charge in [0.25, 0.3) is 11.7 Å². The van der Waals surface area contributed by atoms with Gasteiger partial charge < -0.3 is 19.1 Å². The third-order valence-electron chi connectivity index (χ3n) is 5.55. The standard InChI is InChI=1S/C23H22ClN3O4/c1-13-6-5-9-26-14(2)18(25-22(13)26)20(28)17-19(15-7-4-8-16(24)12-15)27(10-11-31-3)23(30)21(17)29/h4-9,12,19,28H,10-11H2,1-3H3/b20-17+. The second-order valence-electron chi connectivity index (χ2n) is 7.47. The van der Waals surface area contributed by atoms with Gasteiger partial charge in [0, 0.05) is 24.9 Å². The summed E-state index contributed by atoms with van der Waals surface area (Å²) in [7, 11) is 1.52. The monoisotopic (exact) mass is 439 g/mol. The Hall–Kier alpha value is -3.16. The maximum absolute atomic E-state index is 13.0. The van der Waals surface area contributed by atoms with Crippen molar-refractivity contribution in [2.75, 3.05) is 20.3 Å². The van der Waals surface area contributed by atoms with Crippen molar-refractivity contribution in [2.24, 2.45) is 0 Å². The molecule has 7 nitrogen and oxygen atoms in total. The number of fused-ring (bicyclic) bond motifs is 1. The maximum Gasteiger partial charge on any atom is 0.295 e. The molecule has 0 radical (unpaired) electrons. The summed E-state index contributed by atoms with van der Waals surface area (Å²) >= 11 is 6.18. The number of hydrogen-bond donors (Lipinski definition) is 1. The minimum Gasteiger partial charge on any atom is -0.505 e. The van der Waals surface area contributed by atoms with Crippen molar-refractivity contribution in [3.63, 3.8) is 0 Å². The fourth-order valence-corrected chi connectivity index (χ4v) is 4.20. The highest BCUT2D eigenvalue weighted by Gasteiger charge is 2.46. The van der Waals surface area contributed by atoms with E-state index in [1.165, 1.54) is 12.0 Å². The number of ketones is 1. The molecule has 0 saturated carbocycles. The molecule has 31 heavy (non-hydrogen) atoms. The van der Waals surface area contributed by atoms with Crippen LogP contribution in [0.25, 0.3) is 11.4 Å². The van der Waals surface area contributed by atoms with Gasteiger partial charge in [-0.1, -0.05) is 29.8 Å². The minimum atomic E-state index is -0.792. The normalized spacial score (nSPS) is 18.3. The number of aryl methyl sites for hydroxylation is 2. The van der Waals surface area contributed by atoms with E-state index >= 15 is 0 Å². The van der Waals surface area contributed by atoms with E-state index < -0.39 is 17.7 Å². The fraction of sp³-hybridized carbons (Fsp3) is 0.261. The zero-order chi connectivity index (χ0) is 22.3. The lowest BCUT2D eigenvalue weighted by molar-refractivity contribution is -0.140. The molecule has 160 valence electrons. The molecule has 1 amide bonds. The van der Waals surface area contributed by atoms with Crippen LogP contribution in [0.4, 0.5) is 0 Å². The second kappa shape index (κ2) is 8.17. The van der Waals surface area contributed by atoms with Gasteiger partial charge in [0.2, 0.25) is 0 Å². The van der Waals surface area contributed by atoms with Crippen molar-refractivity contribution in [2.45, 2.75) is 19.9 Å². The number of likely N-dealkylation sites (tertiary alicyclic amines) is 1. The molecule has 8 heteroatoms. The summed E-state index contributed by atoms with van der Waals surface area (Å²) in [5.41, 5.74) is 3.16. The Balaban J connectivity index is 1.94. The Morgan fingerprint density at radius 2 is 2.00 bits per heavy atom. The predicted molar refractivity (Wildman–Crippen MR) is 117 cm³/mol. The zero-order valence-electron chi connectivity index (χ0n) is 17.4. The number of imidazole rings is 1. The van der Waals surface area contributed by atoms with Crippen molar-refractivity contribution in [1.29, 1.82) is 0 Å². The molecule has 1 unspecified atom stereocenters. The van der Waals surface area contributed by atoms with Crippen LogP contribution in [0.3, 0.4) is 0 Å². The number of aromatic nitrogens is 2. The summed E-state index contributed by atoms with van der Waals surface area (Å²) in [4.78, 5) is 31.9. The molecule has 1 aliphatic heterocycles. The highest BCUT2D eigenvalue weighted by Crippen LogP contribution is 2.40. The summed E-state index contributed by atoms with van der Waals surface area (Å²) in [6.45, 7) is 4.17. The highest BCUT2D eigenvalue weighted by atomic mass is 35.5. The van der Waals surface area contributed by atoms with E-state index in [0.29, 0.717) is 21.9 Å². The van der Waals surface area contributed by atoms with Crippen molar-refractivity contribution >= 4 is 34.7 Å². The number of carbonyl (C=O) groups is 2.